The third-order valence-electron chi connectivity index (χ3n) is 3.05. The van der Waals surface area contributed by atoms with Crippen molar-refractivity contribution in [3.8, 4) is 0 Å². The standard InChI is InChI=1S/C14H22N2O3S/c1-10(20(3)19)8-9-15-14(18)16-13-6-4-12(5-7-13)11(2)17/h4-7,10-11,17H,8-9H2,1-3H3,(H2,15,16,18). The van der Waals surface area contributed by atoms with Gasteiger partial charge in [0.25, 0.3) is 0 Å². The smallest absolute Gasteiger partial charge is 0.319 e. The molecule has 112 valence electrons. The molecule has 0 heterocycles. The summed E-state index contributed by atoms with van der Waals surface area (Å²) < 4.78 is 11.2. The van der Waals surface area contributed by atoms with Crippen LogP contribution in [0.5, 0.6) is 0 Å². The number of aliphatic hydroxyl groups excluding tert-OH is 1. The highest BCUT2D eigenvalue weighted by molar-refractivity contribution is 7.84. The van der Waals surface area contributed by atoms with E-state index in [-0.39, 0.29) is 11.3 Å². The van der Waals surface area contributed by atoms with Gasteiger partial charge in [0.1, 0.15) is 0 Å². The fourth-order valence-corrected chi connectivity index (χ4v) is 2.02. The first-order valence-corrected chi connectivity index (χ1v) is 8.17. The number of anilines is 1. The maximum atomic E-state index is 11.6. The van der Waals surface area contributed by atoms with Gasteiger partial charge in [0, 0.05) is 34.5 Å². The monoisotopic (exact) mass is 298 g/mol. The molecule has 1 aromatic carbocycles. The molecule has 0 aliphatic rings. The second kappa shape index (κ2) is 8.01. The normalized spacial score (nSPS) is 15.2. The molecule has 0 spiro atoms. The van der Waals surface area contributed by atoms with Crippen molar-refractivity contribution in [2.75, 3.05) is 18.1 Å². The Balaban J connectivity index is 2.37. The van der Waals surface area contributed by atoms with Crippen molar-refractivity contribution < 1.29 is 14.1 Å². The number of benzene rings is 1. The Hall–Kier alpha value is -1.40. The van der Waals surface area contributed by atoms with E-state index in [9.17, 15) is 14.1 Å². The van der Waals surface area contributed by atoms with Gasteiger partial charge in [-0.2, -0.15) is 0 Å². The van der Waals surface area contributed by atoms with Crippen molar-refractivity contribution in [1.82, 2.24) is 5.32 Å². The molecule has 0 aliphatic carbocycles. The summed E-state index contributed by atoms with van der Waals surface area (Å²) in [5.41, 5.74) is 1.47. The molecule has 1 rings (SSSR count). The lowest BCUT2D eigenvalue weighted by atomic mass is 10.1. The summed E-state index contributed by atoms with van der Waals surface area (Å²) in [7, 11) is -0.866. The summed E-state index contributed by atoms with van der Waals surface area (Å²) in [5, 5.41) is 14.9. The van der Waals surface area contributed by atoms with Crippen LogP contribution in [0.2, 0.25) is 0 Å². The largest absolute Gasteiger partial charge is 0.389 e. The van der Waals surface area contributed by atoms with Gasteiger partial charge < -0.3 is 15.7 Å². The van der Waals surface area contributed by atoms with E-state index in [1.54, 1.807) is 37.4 Å². The third-order valence-corrected chi connectivity index (χ3v) is 4.42. The lowest BCUT2D eigenvalue weighted by molar-refractivity contribution is 0.199. The first-order valence-electron chi connectivity index (χ1n) is 6.55. The molecule has 6 heteroatoms. The van der Waals surface area contributed by atoms with Gasteiger partial charge in [-0.15, -0.1) is 0 Å². The van der Waals surface area contributed by atoms with Crippen LogP contribution in [0.4, 0.5) is 10.5 Å². The van der Waals surface area contributed by atoms with E-state index in [0.717, 1.165) is 5.56 Å². The Morgan fingerprint density at radius 2 is 1.90 bits per heavy atom. The number of carbonyl (C=O) groups is 1. The fraction of sp³-hybridized carbons (Fsp3) is 0.500. The third kappa shape index (κ3) is 5.71. The molecule has 20 heavy (non-hydrogen) atoms. The molecule has 3 atom stereocenters. The van der Waals surface area contributed by atoms with Crippen LogP contribution in [-0.4, -0.2) is 33.4 Å². The van der Waals surface area contributed by atoms with Gasteiger partial charge >= 0.3 is 6.03 Å². The zero-order valence-corrected chi connectivity index (χ0v) is 12.9. The average molecular weight is 298 g/mol. The van der Waals surface area contributed by atoms with Crippen molar-refractivity contribution in [2.45, 2.75) is 31.6 Å². The van der Waals surface area contributed by atoms with Crippen LogP contribution < -0.4 is 10.6 Å². The molecule has 0 saturated carbocycles. The van der Waals surface area contributed by atoms with E-state index < -0.39 is 16.9 Å². The van der Waals surface area contributed by atoms with Crippen LogP contribution in [0.1, 0.15) is 31.9 Å². The van der Waals surface area contributed by atoms with Crippen LogP contribution >= 0.6 is 0 Å². The molecule has 0 radical (unpaired) electrons. The van der Waals surface area contributed by atoms with Gasteiger partial charge in [0.2, 0.25) is 0 Å². The Morgan fingerprint density at radius 1 is 1.30 bits per heavy atom. The van der Waals surface area contributed by atoms with Gasteiger partial charge in [0.05, 0.1) is 6.10 Å². The Morgan fingerprint density at radius 3 is 2.40 bits per heavy atom. The molecule has 3 unspecified atom stereocenters. The Labute approximate surface area is 122 Å². The van der Waals surface area contributed by atoms with E-state index in [4.69, 9.17) is 0 Å². The minimum absolute atomic E-state index is 0.0700. The summed E-state index contributed by atoms with van der Waals surface area (Å²) in [4.78, 5) is 11.6. The molecule has 0 aliphatic heterocycles. The van der Waals surface area contributed by atoms with Crippen LogP contribution in [0.3, 0.4) is 0 Å². The minimum Gasteiger partial charge on any atom is -0.389 e. The van der Waals surface area contributed by atoms with E-state index >= 15 is 0 Å². The van der Waals surface area contributed by atoms with Crippen molar-refractivity contribution in [3.05, 3.63) is 29.8 Å². The number of carbonyl (C=O) groups excluding carboxylic acids is 1. The maximum absolute atomic E-state index is 11.6. The van der Waals surface area contributed by atoms with E-state index in [0.29, 0.717) is 18.7 Å². The predicted molar refractivity (Wildman–Crippen MR) is 82.2 cm³/mol. The molecular weight excluding hydrogens is 276 g/mol. The van der Waals surface area contributed by atoms with Gasteiger partial charge in [-0.3, -0.25) is 4.21 Å². The zero-order valence-electron chi connectivity index (χ0n) is 12.1. The van der Waals surface area contributed by atoms with Gasteiger partial charge in [0.15, 0.2) is 0 Å². The quantitative estimate of drug-likeness (QED) is 0.752. The average Bonchev–Trinajstić information content (AvgIpc) is 2.39. The lowest BCUT2D eigenvalue weighted by Gasteiger charge is -2.11. The van der Waals surface area contributed by atoms with Crippen LogP contribution in [0.15, 0.2) is 24.3 Å². The molecule has 2 amide bonds. The first kappa shape index (κ1) is 16.7. The van der Waals surface area contributed by atoms with Crippen molar-refractivity contribution in [1.29, 1.82) is 0 Å². The SMILES string of the molecule is CC(O)c1ccc(NC(=O)NCCC(C)S(C)=O)cc1. The van der Waals surface area contributed by atoms with Crippen LogP contribution in [0.25, 0.3) is 0 Å². The fourth-order valence-electron chi connectivity index (χ4n) is 1.58. The highest BCUT2D eigenvalue weighted by Gasteiger charge is 2.07. The van der Waals surface area contributed by atoms with Gasteiger partial charge in [-0.05, 0) is 31.0 Å². The van der Waals surface area contributed by atoms with Crippen molar-refractivity contribution >= 4 is 22.5 Å². The molecule has 5 nitrogen and oxygen atoms in total. The van der Waals surface area contributed by atoms with Crippen molar-refractivity contribution in [2.24, 2.45) is 0 Å². The highest BCUT2D eigenvalue weighted by Crippen LogP contribution is 2.15. The Bertz CT molecular complexity index is 460. The molecule has 0 saturated heterocycles. The van der Waals surface area contributed by atoms with E-state index in [1.165, 1.54) is 0 Å². The van der Waals surface area contributed by atoms with Gasteiger partial charge in [-0.25, -0.2) is 4.79 Å². The minimum atomic E-state index is -0.866. The van der Waals surface area contributed by atoms with E-state index in [2.05, 4.69) is 10.6 Å². The van der Waals surface area contributed by atoms with Gasteiger partial charge in [-0.1, -0.05) is 19.1 Å². The summed E-state index contributed by atoms with van der Waals surface area (Å²) >= 11 is 0. The predicted octanol–water partition coefficient (Wildman–Crippen LogP) is 2.02. The number of urea groups is 1. The van der Waals surface area contributed by atoms with Crippen LogP contribution in [0, 0.1) is 0 Å². The zero-order chi connectivity index (χ0) is 15.1. The number of amides is 2. The maximum Gasteiger partial charge on any atom is 0.319 e. The number of rotatable bonds is 6. The molecule has 0 aromatic heterocycles. The number of nitrogens with one attached hydrogen (secondary N) is 2. The molecular formula is C14H22N2O3S. The lowest BCUT2D eigenvalue weighted by Crippen LogP contribution is -2.31. The summed E-state index contributed by atoms with van der Waals surface area (Å²) in [5.74, 6) is 0. The molecule has 1 aromatic rings. The van der Waals surface area contributed by atoms with E-state index in [1.807, 2.05) is 6.92 Å². The molecule has 3 N–H and O–H groups in total. The summed E-state index contributed by atoms with van der Waals surface area (Å²) in [6, 6.07) is 6.73. The van der Waals surface area contributed by atoms with Crippen LogP contribution in [-0.2, 0) is 10.8 Å². The molecule has 0 fully saturated rings. The topological polar surface area (TPSA) is 78.4 Å². The second-order valence-electron chi connectivity index (χ2n) is 4.78. The van der Waals surface area contributed by atoms with Crippen molar-refractivity contribution in [3.63, 3.8) is 0 Å². The molecule has 0 bridgehead atoms. The summed E-state index contributed by atoms with van der Waals surface area (Å²) in [6.45, 7) is 4.07. The second-order valence-corrected chi connectivity index (χ2v) is 6.58. The number of hydrogen-bond donors (Lipinski definition) is 3. The first-order chi connectivity index (χ1) is 9.40. The highest BCUT2D eigenvalue weighted by atomic mass is 32.2. The number of aliphatic hydroxyl groups is 1. The Kier molecular flexibility index (Phi) is 6.67. The number of hydrogen-bond acceptors (Lipinski definition) is 3. The summed E-state index contributed by atoms with van der Waals surface area (Å²) in [6.07, 6.45) is 1.82.